The molecular weight excluding hydrogens is 421 g/mol. The number of aliphatic hydroxyl groups is 1. The number of esters is 1. The number of likely N-dealkylation sites (tertiary alicyclic amines) is 1. The van der Waals surface area contributed by atoms with Crippen molar-refractivity contribution in [1.29, 1.82) is 0 Å². The van der Waals surface area contributed by atoms with Crippen molar-refractivity contribution in [2.45, 2.75) is 50.2 Å². The minimum absolute atomic E-state index is 0.00207. The molecule has 12 heteroatoms. The first-order valence-electron chi connectivity index (χ1n) is 9.40. The molecule has 1 fully saturated rings. The number of aliphatic hydroxyl groups excluding tert-OH is 1. The van der Waals surface area contributed by atoms with Gasteiger partial charge in [-0.2, -0.15) is 0 Å². The average Bonchev–Trinajstić information content (AvgIpc) is 3.15. The molecule has 1 aliphatic rings. The summed E-state index contributed by atoms with van der Waals surface area (Å²) in [6.45, 7) is 6.00. The van der Waals surface area contributed by atoms with Gasteiger partial charge in [0.05, 0.1) is 18.8 Å². The fourth-order valence-corrected chi connectivity index (χ4v) is 4.67. The number of carbonyl (C=O) groups is 2. The number of rotatable bonds is 6. The second-order valence-electron chi connectivity index (χ2n) is 8.18. The summed E-state index contributed by atoms with van der Waals surface area (Å²) in [4.78, 5) is 24.7. The Balaban J connectivity index is 2.27. The number of aromatic nitrogens is 1. The van der Waals surface area contributed by atoms with Crippen molar-refractivity contribution in [3.8, 4) is 0 Å². The quantitative estimate of drug-likeness (QED) is 0.620. The summed E-state index contributed by atoms with van der Waals surface area (Å²) in [7, 11) is -3.16. The van der Waals surface area contributed by atoms with E-state index in [1.807, 2.05) is 0 Å². The van der Waals surface area contributed by atoms with E-state index in [-0.39, 0.29) is 26.1 Å². The molecule has 1 aliphatic heterocycles. The molecule has 30 heavy (non-hydrogen) atoms. The molecule has 2 N–H and O–H groups in total. The molecule has 0 aromatic carbocycles. The molecule has 1 aromatic heterocycles. The summed E-state index contributed by atoms with van der Waals surface area (Å²) >= 11 is 0. The van der Waals surface area contributed by atoms with Crippen molar-refractivity contribution in [1.82, 2.24) is 14.2 Å². The van der Waals surface area contributed by atoms with Crippen molar-refractivity contribution in [2.24, 2.45) is 7.05 Å². The lowest BCUT2D eigenvalue weighted by Crippen LogP contribution is -2.53. The molecule has 170 valence electrons. The maximum absolute atomic E-state index is 14.8. The van der Waals surface area contributed by atoms with E-state index < -0.39 is 56.2 Å². The average molecular weight is 450 g/mol. The fraction of sp³-hybridized carbons (Fsp3) is 0.667. The molecule has 0 spiro atoms. The Labute approximate surface area is 175 Å². The van der Waals surface area contributed by atoms with Gasteiger partial charge in [0.25, 0.3) is 0 Å². The summed E-state index contributed by atoms with van der Waals surface area (Å²) in [5.74, 6) is -2.24. The Morgan fingerprint density at radius 1 is 1.37 bits per heavy atom. The Kier molecular flexibility index (Phi) is 6.84. The normalized spacial score (nSPS) is 19.8. The highest BCUT2D eigenvalue weighted by atomic mass is 32.2. The highest BCUT2D eigenvalue weighted by Crippen LogP contribution is 2.27. The van der Waals surface area contributed by atoms with E-state index >= 15 is 0 Å². The van der Waals surface area contributed by atoms with Gasteiger partial charge in [-0.1, -0.05) is 0 Å². The maximum Gasteiger partial charge on any atom is 0.410 e. The maximum atomic E-state index is 14.8. The van der Waals surface area contributed by atoms with Gasteiger partial charge in [0.1, 0.15) is 10.5 Å². The molecule has 0 bridgehead atoms. The van der Waals surface area contributed by atoms with Crippen LogP contribution in [-0.2, 0) is 26.5 Å². The van der Waals surface area contributed by atoms with Crippen molar-refractivity contribution in [2.75, 3.05) is 26.3 Å². The van der Waals surface area contributed by atoms with Crippen LogP contribution in [-0.4, -0.2) is 72.5 Å². The SMILES string of the molecule is CCOC(=O)c1c(F)c(S(=O)(=O)N[C@@]2(CO)CCN(C(=O)OC(C)(C)C)C2)cn1C. The lowest BCUT2D eigenvalue weighted by Gasteiger charge is -2.29. The highest BCUT2D eigenvalue weighted by Gasteiger charge is 2.45. The van der Waals surface area contributed by atoms with Crippen LogP contribution in [0.2, 0.25) is 0 Å². The van der Waals surface area contributed by atoms with Crippen molar-refractivity contribution >= 4 is 22.1 Å². The first kappa shape index (κ1) is 24.1. The van der Waals surface area contributed by atoms with Crippen LogP contribution in [0.5, 0.6) is 0 Å². The molecule has 0 radical (unpaired) electrons. The Hall–Kier alpha value is -2.18. The lowest BCUT2D eigenvalue weighted by molar-refractivity contribution is 0.0274. The summed E-state index contributed by atoms with van der Waals surface area (Å²) in [6.07, 6.45) is 0.406. The summed E-state index contributed by atoms with van der Waals surface area (Å²) in [5, 5.41) is 9.87. The fourth-order valence-electron chi connectivity index (χ4n) is 3.13. The minimum atomic E-state index is -4.47. The van der Waals surface area contributed by atoms with Gasteiger partial charge in [-0.25, -0.2) is 27.1 Å². The number of hydrogen-bond acceptors (Lipinski definition) is 7. The van der Waals surface area contributed by atoms with Crippen LogP contribution in [0.25, 0.3) is 0 Å². The monoisotopic (exact) mass is 449 g/mol. The van der Waals surface area contributed by atoms with Gasteiger partial charge in [-0.3, -0.25) is 0 Å². The van der Waals surface area contributed by atoms with E-state index in [1.165, 1.54) is 11.9 Å². The number of aryl methyl sites for hydroxylation is 1. The van der Waals surface area contributed by atoms with E-state index in [1.54, 1.807) is 27.7 Å². The number of halogens is 1. The van der Waals surface area contributed by atoms with Crippen molar-refractivity contribution < 1.29 is 37.0 Å². The Bertz CT molecular complexity index is 923. The standard InChI is InChI=1S/C18H28FN3O7S/c1-6-28-15(24)14-13(19)12(9-21(14)5)30(26,27)20-18(11-23)7-8-22(10-18)16(25)29-17(2,3)4/h9,20,23H,6-8,10-11H2,1-5H3/t18-/m0/s1. The van der Waals surface area contributed by atoms with E-state index in [0.717, 1.165) is 10.8 Å². The predicted molar refractivity (Wildman–Crippen MR) is 104 cm³/mol. The number of nitrogens with one attached hydrogen (secondary N) is 1. The van der Waals surface area contributed by atoms with Gasteiger partial charge >= 0.3 is 12.1 Å². The predicted octanol–water partition coefficient (Wildman–Crippen LogP) is 0.991. The zero-order valence-corrected chi connectivity index (χ0v) is 18.5. The second kappa shape index (κ2) is 8.52. The zero-order valence-electron chi connectivity index (χ0n) is 17.7. The third kappa shape index (κ3) is 5.10. The first-order chi connectivity index (χ1) is 13.7. The molecule has 0 aliphatic carbocycles. The summed E-state index contributed by atoms with van der Waals surface area (Å²) in [5.41, 5.74) is -2.68. The first-order valence-corrected chi connectivity index (χ1v) is 10.9. The second-order valence-corrected chi connectivity index (χ2v) is 9.83. The number of carbonyl (C=O) groups excluding carboxylic acids is 2. The number of amides is 1. The zero-order chi connectivity index (χ0) is 22.9. The van der Waals surface area contributed by atoms with Crippen molar-refractivity contribution in [3.63, 3.8) is 0 Å². The van der Waals surface area contributed by atoms with Crippen molar-refractivity contribution in [3.05, 3.63) is 17.7 Å². The van der Waals surface area contributed by atoms with Gasteiger partial charge < -0.3 is 24.0 Å². The third-order valence-electron chi connectivity index (χ3n) is 4.51. The highest BCUT2D eigenvalue weighted by molar-refractivity contribution is 7.89. The molecular formula is C18H28FN3O7S. The van der Waals surface area contributed by atoms with Gasteiger partial charge in [-0.15, -0.1) is 0 Å². The van der Waals surface area contributed by atoms with Gasteiger partial charge in [0.2, 0.25) is 10.0 Å². The van der Waals surface area contributed by atoms with Gasteiger partial charge in [0, 0.05) is 26.3 Å². The van der Waals surface area contributed by atoms with Crippen LogP contribution in [0.15, 0.2) is 11.1 Å². The molecule has 2 heterocycles. The number of hydrogen-bond donors (Lipinski definition) is 2. The van der Waals surface area contributed by atoms with E-state index in [4.69, 9.17) is 9.47 Å². The number of sulfonamides is 1. The van der Waals surface area contributed by atoms with E-state index in [2.05, 4.69) is 4.72 Å². The van der Waals surface area contributed by atoms with Crippen LogP contribution in [0.1, 0.15) is 44.6 Å². The molecule has 0 unspecified atom stereocenters. The molecule has 1 saturated heterocycles. The van der Waals surface area contributed by atoms with Gasteiger partial charge in [0.15, 0.2) is 11.5 Å². The molecule has 0 saturated carbocycles. The molecule has 2 rings (SSSR count). The molecule has 10 nitrogen and oxygen atoms in total. The summed E-state index contributed by atoms with van der Waals surface area (Å²) in [6, 6.07) is 0. The molecule has 1 atom stereocenters. The van der Waals surface area contributed by atoms with Crippen LogP contribution in [0, 0.1) is 5.82 Å². The largest absolute Gasteiger partial charge is 0.461 e. The van der Waals surface area contributed by atoms with Crippen LogP contribution in [0.4, 0.5) is 9.18 Å². The number of nitrogens with zero attached hydrogens (tertiary/aromatic N) is 2. The van der Waals surface area contributed by atoms with Gasteiger partial charge in [-0.05, 0) is 34.1 Å². The lowest BCUT2D eigenvalue weighted by atomic mass is 10.0. The van der Waals surface area contributed by atoms with Crippen LogP contribution < -0.4 is 4.72 Å². The Morgan fingerprint density at radius 2 is 2.00 bits per heavy atom. The van der Waals surface area contributed by atoms with E-state index in [0.29, 0.717) is 0 Å². The number of ether oxygens (including phenoxy) is 2. The molecule has 1 aromatic rings. The minimum Gasteiger partial charge on any atom is -0.461 e. The summed E-state index contributed by atoms with van der Waals surface area (Å²) < 4.78 is 53.8. The smallest absolute Gasteiger partial charge is 0.410 e. The Morgan fingerprint density at radius 3 is 2.53 bits per heavy atom. The third-order valence-corrected chi connectivity index (χ3v) is 6.07. The topological polar surface area (TPSA) is 127 Å². The molecule has 1 amide bonds. The van der Waals surface area contributed by atoms with Crippen LogP contribution in [0.3, 0.4) is 0 Å². The van der Waals surface area contributed by atoms with E-state index in [9.17, 15) is 27.5 Å². The van der Waals surface area contributed by atoms with Crippen LogP contribution >= 0.6 is 0 Å².